The molecule has 0 aliphatic rings. The Hall–Kier alpha value is -3.55. The lowest BCUT2D eigenvalue weighted by molar-refractivity contribution is -0.137. The van der Waals surface area contributed by atoms with Gasteiger partial charge in [-0.05, 0) is 35.9 Å². The molecule has 0 aliphatic carbocycles. The number of rotatable bonds is 5. The van der Waals surface area contributed by atoms with Crippen LogP contribution in [-0.2, 0) is 6.18 Å². The molecule has 0 radical (unpaired) electrons. The predicted octanol–water partition coefficient (Wildman–Crippen LogP) is 5.52. The van der Waals surface area contributed by atoms with Gasteiger partial charge in [0, 0.05) is 29.5 Å². The van der Waals surface area contributed by atoms with Gasteiger partial charge in [-0.3, -0.25) is 14.9 Å². The van der Waals surface area contributed by atoms with E-state index in [0.29, 0.717) is 16.6 Å². The number of benzene rings is 2. The van der Waals surface area contributed by atoms with Crippen LogP contribution >= 0.6 is 0 Å². The lowest BCUT2D eigenvalue weighted by Crippen LogP contribution is -2.13. The number of hydrogen-bond donors (Lipinski definition) is 1. The number of aromatic amines is 1. The van der Waals surface area contributed by atoms with Crippen LogP contribution in [0.5, 0.6) is 0 Å². The molecule has 0 aliphatic heterocycles. The monoisotopic (exact) mass is 413 g/mol. The number of hydrogen-bond acceptors (Lipinski definition) is 3. The number of nitrogens with one attached hydrogen (secondary N) is 1. The molecule has 0 saturated carbocycles. The minimum absolute atomic E-state index is 0.00762. The number of halogens is 4. The SMILES string of the molecule is O=C(C[C@@H](c1ccc(C(F)(F)F)cc1)c1ncccc1F)c1ccc2cn[nH]c2c1. The van der Waals surface area contributed by atoms with E-state index in [1.807, 2.05) is 0 Å². The van der Waals surface area contributed by atoms with Crippen LogP contribution in [0.2, 0.25) is 0 Å². The van der Waals surface area contributed by atoms with Gasteiger partial charge >= 0.3 is 6.18 Å². The Morgan fingerprint density at radius 1 is 1.07 bits per heavy atom. The van der Waals surface area contributed by atoms with Crippen molar-refractivity contribution in [2.45, 2.75) is 18.5 Å². The van der Waals surface area contributed by atoms with Crippen LogP contribution in [0.4, 0.5) is 17.6 Å². The lowest BCUT2D eigenvalue weighted by Gasteiger charge is -2.18. The number of nitrogens with zero attached hydrogens (tertiary/aromatic N) is 2. The fourth-order valence-corrected chi connectivity index (χ4v) is 3.34. The molecule has 4 rings (SSSR count). The largest absolute Gasteiger partial charge is 0.416 e. The van der Waals surface area contributed by atoms with E-state index in [4.69, 9.17) is 0 Å². The Morgan fingerprint density at radius 2 is 1.83 bits per heavy atom. The fraction of sp³-hybridized carbons (Fsp3) is 0.136. The third kappa shape index (κ3) is 3.94. The second kappa shape index (κ2) is 7.70. The quantitative estimate of drug-likeness (QED) is 0.346. The zero-order chi connectivity index (χ0) is 21.3. The van der Waals surface area contributed by atoms with Crippen molar-refractivity contribution in [3.63, 3.8) is 0 Å². The first-order valence-electron chi connectivity index (χ1n) is 9.07. The molecule has 4 aromatic rings. The molecule has 2 heterocycles. The number of H-pyrrole nitrogens is 1. The summed E-state index contributed by atoms with van der Waals surface area (Å²) in [5, 5.41) is 7.52. The summed E-state index contributed by atoms with van der Waals surface area (Å²) in [7, 11) is 0. The zero-order valence-electron chi connectivity index (χ0n) is 15.4. The topological polar surface area (TPSA) is 58.6 Å². The molecule has 8 heteroatoms. The first kappa shape index (κ1) is 19.8. The standard InChI is InChI=1S/C22H15F4N3O/c23-18-2-1-9-27-21(18)17(13-5-7-16(8-6-13)22(24,25)26)11-20(30)14-3-4-15-12-28-29-19(15)10-14/h1-10,12,17H,11H2,(H,28,29)/t17-/m0/s1. The minimum Gasteiger partial charge on any atom is -0.294 e. The van der Waals surface area contributed by atoms with Gasteiger partial charge in [0.1, 0.15) is 5.82 Å². The molecule has 4 nitrogen and oxygen atoms in total. The fourth-order valence-electron chi connectivity index (χ4n) is 3.34. The number of alkyl halides is 3. The summed E-state index contributed by atoms with van der Waals surface area (Å²) in [6, 6.07) is 12.0. The van der Waals surface area contributed by atoms with Crippen molar-refractivity contribution in [3.8, 4) is 0 Å². The first-order chi connectivity index (χ1) is 14.3. The van der Waals surface area contributed by atoms with Crippen molar-refractivity contribution in [2.75, 3.05) is 0 Å². The average Bonchev–Trinajstić information content (AvgIpc) is 3.20. The summed E-state index contributed by atoms with van der Waals surface area (Å²) in [5.74, 6) is -1.75. The van der Waals surface area contributed by atoms with E-state index in [1.165, 1.54) is 30.5 Å². The van der Waals surface area contributed by atoms with E-state index in [2.05, 4.69) is 15.2 Å². The Bertz CT molecular complexity index is 1200. The van der Waals surface area contributed by atoms with E-state index in [1.54, 1.807) is 24.4 Å². The number of fused-ring (bicyclic) bond motifs is 1. The number of carbonyl (C=O) groups excluding carboxylic acids is 1. The molecule has 0 bridgehead atoms. The van der Waals surface area contributed by atoms with Gasteiger partial charge in [-0.1, -0.05) is 24.3 Å². The van der Waals surface area contributed by atoms with Gasteiger partial charge in [0.05, 0.1) is 23.0 Å². The zero-order valence-corrected chi connectivity index (χ0v) is 15.4. The number of ketones is 1. The second-order valence-corrected chi connectivity index (χ2v) is 6.84. The van der Waals surface area contributed by atoms with Gasteiger partial charge in [-0.2, -0.15) is 18.3 Å². The Kier molecular flexibility index (Phi) is 5.07. The molecule has 0 saturated heterocycles. The molecule has 30 heavy (non-hydrogen) atoms. The molecule has 1 N–H and O–H groups in total. The molecule has 1 atom stereocenters. The Morgan fingerprint density at radius 3 is 2.53 bits per heavy atom. The molecular formula is C22H15F4N3O. The van der Waals surface area contributed by atoms with Crippen molar-refractivity contribution < 1.29 is 22.4 Å². The molecule has 2 aromatic carbocycles. The average molecular weight is 413 g/mol. The maximum absolute atomic E-state index is 14.4. The third-order valence-electron chi connectivity index (χ3n) is 4.91. The molecule has 2 aromatic heterocycles. The summed E-state index contributed by atoms with van der Waals surface area (Å²) in [5.41, 5.74) is 0.628. The Balaban J connectivity index is 1.70. The predicted molar refractivity (Wildman–Crippen MR) is 103 cm³/mol. The van der Waals surface area contributed by atoms with Crippen LogP contribution in [0.3, 0.4) is 0 Å². The second-order valence-electron chi connectivity index (χ2n) is 6.84. The van der Waals surface area contributed by atoms with Crippen LogP contribution in [-0.4, -0.2) is 21.0 Å². The van der Waals surface area contributed by atoms with Gasteiger partial charge in [-0.15, -0.1) is 0 Å². The summed E-state index contributed by atoms with van der Waals surface area (Å²) in [6.07, 6.45) is -1.63. The molecule has 0 unspecified atom stereocenters. The van der Waals surface area contributed by atoms with E-state index >= 15 is 0 Å². The van der Waals surface area contributed by atoms with Crippen molar-refractivity contribution in [1.29, 1.82) is 0 Å². The van der Waals surface area contributed by atoms with Crippen LogP contribution < -0.4 is 0 Å². The highest BCUT2D eigenvalue weighted by Crippen LogP contribution is 2.34. The van der Waals surface area contributed by atoms with Gasteiger partial charge < -0.3 is 0 Å². The summed E-state index contributed by atoms with van der Waals surface area (Å²) in [6.45, 7) is 0. The van der Waals surface area contributed by atoms with Crippen LogP contribution in [0.15, 0.2) is 67.0 Å². The molecular weight excluding hydrogens is 398 g/mol. The van der Waals surface area contributed by atoms with Gasteiger partial charge in [-0.25, -0.2) is 4.39 Å². The van der Waals surface area contributed by atoms with Crippen molar-refractivity contribution in [1.82, 2.24) is 15.2 Å². The maximum Gasteiger partial charge on any atom is 0.416 e. The number of carbonyl (C=O) groups is 1. The summed E-state index contributed by atoms with van der Waals surface area (Å²) < 4.78 is 53.2. The van der Waals surface area contributed by atoms with E-state index < -0.39 is 23.5 Å². The summed E-state index contributed by atoms with van der Waals surface area (Å²) >= 11 is 0. The smallest absolute Gasteiger partial charge is 0.294 e. The molecule has 0 amide bonds. The molecule has 152 valence electrons. The van der Waals surface area contributed by atoms with Crippen molar-refractivity contribution >= 4 is 16.7 Å². The van der Waals surface area contributed by atoms with E-state index in [0.717, 1.165) is 17.5 Å². The summed E-state index contributed by atoms with van der Waals surface area (Å²) in [4.78, 5) is 17.0. The number of pyridine rings is 1. The third-order valence-corrected chi connectivity index (χ3v) is 4.91. The highest BCUT2D eigenvalue weighted by molar-refractivity contribution is 5.99. The van der Waals surface area contributed by atoms with Gasteiger partial charge in [0.25, 0.3) is 0 Å². The lowest BCUT2D eigenvalue weighted by atomic mass is 9.87. The van der Waals surface area contributed by atoms with Crippen molar-refractivity contribution in [3.05, 3.63) is 95.2 Å². The van der Waals surface area contributed by atoms with E-state index in [-0.39, 0.29) is 17.9 Å². The Labute approximate surface area is 168 Å². The van der Waals surface area contributed by atoms with Gasteiger partial charge in [0.15, 0.2) is 5.78 Å². The highest BCUT2D eigenvalue weighted by atomic mass is 19.4. The van der Waals surface area contributed by atoms with Crippen LogP contribution in [0.25, 0.3) is 10.9 Å². The van der Waals surface area contributed by atoms with Crippen molar-refractivity contribution in [2.24, 2.45) is 0 Å². The van der Waals surface area contributed by atoms with Crippen LogP contribution in [0, 0.1) is 5.82 Å². The molecule has 0 fully saturated rings. The van der Waals surface area contributed by atoms with E-state index in [9.17, 15) is 22.4 Å². The van der Waals surface area contributed by atoms with Gasteiger partial charge in [0.2, 0.25) is 0 Å². The maximum atomic E-state index is 14.4. The van der Waals surface area contributed by atoms with Crippen LogP contribution in [0.1, 0.15) is 39.5 Å². The normalized spacial score (nSPS) is 12.8. The minimum atomic E-state index is -4.49. The number of Topliss-reactive ketones (excluding diaryl/α,β-unsaturated/α-hetero) is 1. The number of aromatic nitrogens is 3. The molecule has 0 spiro atoms. The highest BCUT2D eigenvalue weighted by Gasteiger charge is 2.31. The first-order valence-corrected chi connectivity index (χ1v) is 9.07.